The Morgan fingerprint density at radius 3 is 2.36 bits per heavy atom. The molecular weight excluding hydrogens is 394 g/mol. The van der Waals surface area contributed by atoms with Gasteiger partial charge in [-0.25, -0.2) is 8.42 Å². The maximum Gasteiger partial charge on any atom is 0.191 e. The monoisotopic (exact) mass is 423 g/mol. The van der Waals surface area contributed by atoms with Crippen LogP contribution in [0.3, 0.4) is 0 Å². The lowest BCUT2D eigenvalue weighted by molar-refractivity contribution is -0.141. The van der Waals surface area contributed by atoms with Gasteiger partial charge >= 0.3 is 0 Å². The summed E-state index contributed by atoms with van der Waals surface area (Å²) in [7, 11) is -0.946. The van der Waals surface area contributed by atoms with E-state index in [1.165, 1.54) is 31.0 Å². The smallest absolute Gasteiger partial charge is 0.191 e. The van der Waals surface area contributed by atoms with Gasteiger partial charge in [0.05, 0.1) is 17.3 Å². The van der Waals surface area contributed by atoms with E-state index in [4.69, 9.17) is 0 Å². The Morgan fingerprint density at radius 2 is 1.79 bits per heavy atom. The van der Waals surface area contributed by atoms with Gasteiger partial charge in [-0.15, -0.1) is 10.2 Å². The van der Waals surface area contributed by atoms with Crippen molar-refractivity contribution in [2.75, 3.05) is 17.3 Å². The molecule has 6 nitrogen and oxygen atoms in total. The summed E-state index contributed by atoms with van der Waals surface area (Å²) in [6, 6.07) is 0. The number of carbonyl (C=O) groups excluding carboxylic acids is 1. The molecule has 4 bridgehead atoms. The normalized spacial score (nSPS) is 38.2. The first-order valence-electron chi connectivity index (χ1n) is 10.6. The molecule has 6 rings (SSSR count). The predicted octanol–water partition coefficient (Wildman–Crippen LogP) is 2.67. The average Bonchev–Trinajstić information content (AvgIpc) is 3.14. The quantitative estimate of drug-likeness (QED) is 0.654. The van der Waals surface area contributed by atoms with E-state index in [1.54, 1.807) is 0 Å². The first kappa shape index (κ1) is 19.1. The molecule has 0 amide bonds. The van der Waals surface area contributed by atoms with Crippen molar-refractivity contribution in [1.29, 1.82) is 0 Å². The topological polar surface area (TPSA) is 81.9 Å². The van der Waals surface area contributed by atoms with Crippen molar-refractivity contribution in [2.45, 2.75) is 56.5 Å². The molecule has 1 atom stereocenters. The number of aromatic nitrogens is 3. The van der Waals surface area contributed by atoms with Gasteiger partial charge in [-0.1, -0.05) is 11.8 Å². The van der Waals surface area contributed by atoms with Crippen LogP contribution >= 0.6 is 11.8 Å². The lowest BCUT2D eigenvalue weighted by Gasteiger charge is -2.56. The third kappa shape index (κ3) is 3.44. The van der Waals surface area contributed by atoms with Gasteiger partial charge in [-0.3, -0.25) is 4.79 Å². The van der Waals surface area contributed by atoms with Crippen LogP contribution < -0.4 is 0 Å². The molecule has 0 unspecified atom stereocenters. The van der Waals surface area contributed by atoms with Crippen LogP contribution in [0.4, 0.5) is 0 Å². The number of nitrogens with zero attached hydrogens (tertiary/aromatic N) is 3. The van der Waals surface area contributed by atoms with Crippen LogP contribution in [-0.2, 0) is 28.1 Å². The van der Waals surface area contributed by atoms with Crippen LogP contribution in [0, 0.1) is 29.1 Å². The summed E-state index contributed by atoms with van der Waals surface area (Å²) in [4.78, 5) is 13.2. The maximum absolute atomic E-state index is 13.2. The molecule has 1 aromatic rings. The van der Waals surface area contributed by atoms with E-state index in [2.05, 4.69) is 10.2 Å². The highest BCUT2D eigenvalue weighted by molar-refractivity contribution is 7.99. The minimum atomic E-state index is -2.87. The van der Waals surface area contributed by atoms with Crippen molar-refractivity contribution >= 4 is 27.4 Å². The van der Waals surface area contributed by atoms with Gasteiger partial charge < -0.3 is 4.57 Å². The third-order valence-electron chi connectivity index (χ3n) is 7.69. The van der Waals surface area contributed by atoms with Crippen molar-refractivity contribution in [3.05, 3.63) is 5.82 Å². The van der Waals surface area contributed by atoms with Crippen molar-refractivity contribution in [1.82, 2.24) is 14.8 Å². The molecule has 4 aliphatic carbocycles. The highest BCUT2D eigenvalue weighted by Crippen LogP contribution is 2.60. The second-order valence-corrected chi connectivity index (χ2v) is 13.0. The summed E-state index contributed by atoms with van der Waals surface area (Å²) in [5.74, 6) is 4.76. The van der Waals surface area contributed by atoms with Crippen molar-refractivity contribution in [2.24, 2.45) is 36.1 Å². The van der Waals surface area contributed by atoms with E-state index >= 15 is 0 Å². The molecule has 0 spiro atoms. The molecule has 1 aliphatic heterocycles. The number of ketones is 1. The van der Waals surface area contributed by atoms with Gasteiger partial charge in [0.15, 0.2) is 15.0 Å². The molecule has 1 aromatic heterocycles. The van der Waals surface area contributed by atoms with Crippen LogP contribution in [0.5, 0.6) is 0 Å². The Hall–Kier alpha value is -0.890. The highest BCUT2D eigenvalue weighted by Gasteiger charge is 2.54. The lowest BCUT2D eigenvalue weighted by atomic mass is 9.48. The average molecular weight is 424 g/mol. The van der Waals surface area contributed by atoms with Crippen LogP contribution in [0.1, 0.15) is 50.8 Å². The van der Waals surface area contributed by atoms with E-state index in [0.717, 1.165) is 48.0 Å². The zero-order valence-electron chi connectivity index (χ0n) is 16.5. The Morgan fingerprint density at radius 1 is 1.14 bits per heavy atom. The van der Waals surface area contributed by atoms with Gasteiger partial charge in [0.1, 0.15) is 11.6 Å². The molecule has 1 saturated heterocycles. The zero-order valence-corrected chi connectivity index (χ0v) is 18.1. The SMILES string of the molecule is Cn1c(C[C@H]2CCS(=O)(=O)C2)nnc1SCC(=O)C12CC3CC(CC(C3)C1)C2. The Labute approximate surface area is 171 Å². The van der Waals surface area contributed by atoms with E-state index in [-0.39, 0.29) is 22.8 Å². The van der Waals surface area contributed by atoms with Crippen LogP contribution in [0.15, 0.2) is 5.16 Å². The molecule has 5 fully saturated rings. The number of thioether (sulfide) groups is 1. The predicted molar refractivity (Wildman–Crippen MR) is 108 cm³/mol. The molecule has 0 radical (unpaired) electrons. The lowest BCUT2D eigenvalue weighted by Crippen LogP contribution is -2.50. The second-order valence-electron chi connectivity index (χ2n) is 9.84. The fourth-order valence-corrected chi connectivity index (χ4v) is 9.50. The van der Waals surface area contributed by atoms with Crippen molar-refractivity contribution in [3.63, 3.8) is 0 Å². The van der Waals surface area contributed by atoms with Gasteiger partial charge in [0.25, 0.3) is 0 Å². The Kier molecular flexibility index (Phi) is 4.66. The van der Waals surface area contributed by atoms with Gasteiger partial charge in [0.2, 0.25) is 0 Å². The fraction of sp³-hybridized carbons (Fsp3) is 0.850. The second kappa shape index (κ2) is 6.83. The summed E-state index contributed by atoms with van der Waals surface area (Å²) in [6.45, 7) is 0. The first-order chi connectivity index (χ1) is 13.3. The molecule has 154 valence electrons. The molecule has 8 heteroatoms. The molecule has 0 aromatic carbocycles. The molecule has 2 heterocycles. The van der Waals surface area contributed by atoms with E-state index in [9.17, 15) is 13.2 Å². The Bertz CT molecular complexity index is 857. The maximum atomic E-state index is 13.2. The molecule has 4 saturated carbocycles. The molecule has 5 aliphatic rings. The van der Waals surface area contributed by atoms with Gasteiger partial charge in [-0.2, -0.15) is 0 Å². The van der Waals surface area contributed by atoms with Gasteiger partial charge in [0, 0.05) is 18.9 Å². The largest absolute Gasteiger partial charge is 0.309 e. The van der Waals surface area contributed by atoms with E-state index < -0.39 is 9.84 Å². The number of rotatable bonds is 6. The Balaban J connectivity index is 1.22. The number of hydrogen-bond donors (Lipinski definition) is 0. The van der Waals surface area contributed by atoms with Crippen LogP contribution in [0.25, 0.3) is 0 Å². The number of hydrogen-bond acceptors (Lipinski definition) is 6. The zero-order chi connectivity index (χ0) is 19.5. The molecular formula is C20H29N3O3S2. The molecule has 0 N–H and O–H groups in total. The minimum absolute atomic E-state index is 0.0542. The van der Waals surface area contributed by atoms with Crippen molar-refractivity contribution in [3.8, 4) is 0 Å². The summed E-state index contributed by atoms with van der Waals surface area (Å²) in [5.41, 5.74) is -0.0542. The molecule has 28 heavy (non-hydrogen) atoms. The number of sulfone groups is 1. The minimum Gasteiger partial charge on any atom is -0.309 e. The third-order valence-corrected chi connectivity index (χ3v) is 10.5. The fourth-order valence-electron chi connectivity index (χ4n) is 6.68. The van der Waals surface area contributed by atoms with Crippen molar-refractivity contribution < 1.29 is 13.2 Å². The van der Waals surface area contributed by atoms with Gasteiger partial charge in [-0.05, 0) is 68.6 Å². The van der Waals surface area contributed by atoms with E-state index in [1.807, 2.05) is 11.6 Å². The highest BCUT2D eigenvalue weighted by atomic mass is 32.2. The first-order valence-corrected chi connectivity index (χ1v) is 13.4. The van der Waals surface area contributed by atoms with Crippen LogP contribution in [0.2, 0.25) is 0 Å². The summed E-state index contributed by atoms with van der Waals surface area (Å²) >= 11 is 1.50. The summed E-state index contributed by atoms with van der Waals surface area (Å²) in [6.07, 6.45) is 8.74. The number of Topliss-reactive ketones (excluding diaryl/α,β-unsaturated/α-hetero) is 1. The summed E-state index contributed by atoms with van der Waals surface area (Å²) in [5, 5.41) is 9.34. The standard InChI is InChI=1S/C20H29N3O3S2/c1-23-18(7-13-2-3-28(25,26)12-13)21-22-19(23)27-11-17(24)20-8-14-4-15(9-20)6-16(5-14)10-20/h13-16H,2-12H2,1H3/t13-,14?,15?,16?,20?/m1/s1. The van der Waals surface area contributed by atoms with E-state index in [0.29, 0.717) is 24.4 Å². The number of carbonyl (C=O) groups is 1. The summed E-state index contributed by atoms with van der Waals surface area (Å²) < 4.78 is 25.3. The van der Waals surface area contributed by atoms with Crippen LogP contribution in [-0.4, -0.2) is 46.2 Å².